The molecule has 1 aromatic carbocycles. The zero-order chi connectivity index (χ0) is 14.1. The molecule has 3 N–H and O–H groups in total. The van der Waals surface area contributed by atoms with Gasteiger partial charge in [-0.05, 0) is 43.2 Å². The number of rotatable bonds is 9. The van der Waals surface area contributed by atoms with Crippen LogP contribution in [0.2, 0.25) is 0 Å². The summed E-state index contributed by atoms with van der Waals surface area (Å²) < 4.78 is 5.37. The van der Waals surface area contributed by atoms with Crippen molar-refractivity contribution in [3.8, 4) is 0 Å². The fourth-order valence-electron chi connectivity index (χ4n) is 2.29. The maximum Gasteiger partial charge on any atom is 0.0466 e. The molecule has 3 nitrogen and oxygen atoms in total. The van der Waals surface area contributed by atoms with Gasteiger partial charge in [0.2, 0.25) is 0 Å². The molecule has 1 aromatic rings. The van der Waals surface area contributed by atoms with Crippen molar-refractivity contribution in [1.82, 2.24) is 5.43 Å². The molecule has 0 radical (unpaired) electrons. The normalized spacial score (nSPS) is 12.9. The molecule has 1 rings (SSSR count). The number of hydrazine groups is 1. The maximum atomic E-state index is 5.68. The summed E-state index contributed by atoms with van der Waals surface area (Å²) >= 11 is 0. The van der Waals surface area contributed by atoms with Crippen molar-refractivity contribution in [3.05, 3.63) is 35.4 Å². The summed E-state index contributed by atoms with van der Waals surface area (Å²) in [5, 5.41) is 0. The number of ether oxygens (including phenoxy) is 1. The van der Waals surface area contributed by atoms with Crippen molar-refractivity contribution in [2.24, 2.45) is 11.8 Å². The molecule has 0 spiro atoms. The van der Waals surface area contributed by atoms with Gasteiger partial charge in [-0.1, -0.05) is 38.1 Å². The summed E-state index contributed by atoms with van der Waals surface area (Å²) in [5.74, 6) is 6.36. The molecule has 0 saturated heterocycles. The van der Waals surface area contributed by atoms with Crippen LogP contribution in [0.3, 0.4) is 0 Å². The quantitative estimate of drug-likeness (QED) is 0.409. The van der Waals surface area contributed by atoms with Crippen LogP contribution in [0.4, 0.5) is 0 Å². The molecule has 3 heteroatoms. The second-order valence-electron chi connectivity index (χ2n) is 5.40. The van der Waals surface area contributed by atoms with Crippen LogP contribution in [-0.4, -0.2) is 13.2 Å². The molecule has 1 atom stereocenters. The number of hydrogen-bond donors (Lipinski definition) is 2. The van der Waals surface area contributed by atoms with Gasteiger partial charge in [-0.3, -0.25) is 11.3 Å². The molecular weight excluding hydrogens is 236 g/mol. The molecule has 19 heavy (non-hydrogen) atoms. The minimum Gasteiger partial charge on any atom is -0.382 e. The minimum atomic E-state index is 0.215. The lowest BCUT2D eigenvalue weighted by Gasteiger charge is -2.17. The van der Waals surface area contributed by atoms with E-state index in [1.807, 2.05) is 6.92 Å². The Labute approximate surface area is 117 Å². The standard InChI is InChI=1S/C16H28N2O/c1-4-19-10-6-9-16(18-17)15-8-5-7-14(12-15)11-13(2)3/h5,7-8,12-13,16,18H,4,6,9-11,17H2,1-3H3. The molecular formula is C16H28N2O. The Morgan fingerprint density at radius 1 is 1.32 bits per heavy atom. The van der Waals surface area contributed by atoms with Crippen LogP contribution in [0.1, 0.15) is 50.8 Å². The molecule has 0 aliphatic heterocycles. The van der Waals surface area contributed by atoms with E-state index >= 15 is 0 Å². The van der Waals surface area contributed by atoms with E-state index in [-0.39, 0.29) is 6.04 Å². The van der Waals surface area contributed by atoms with Crippen LogP contribution in [-0.2, 0) is 11.2 Å². The first-order valence-electron chi connectivity index (χ1n) is 7.30. The van der Waals surface area contributed by atoms with Gasteiger partial charge in [0, 0.05) is 19.3 Å². The number of nitrogens with two attached hydrogens (primary N) is 1. The third-order valence-corrected chi connectivity index (χ3v) is 3.18. The van der Waals surface area contributed by atoms with E-state index in [0.29, 0.717) is 5.92 Å². The highest BCUT2D eigenvalue weighted by Gasteiger charge is 2.10. The highest BCUT2D eigenvalue weighted by molar-refractivity contribution is 5.26. The summed E-state index contributed by atoms with van der Waals surface area (Å²) in [6.07, 6.45) is 3.14. The molecule has 0 aromatic heterocycles. The molecule has 0 aliphatic rings. The highest BCUT2D eigenvalue weighted by atomic mass is 16.5. The maximum absolute atomic E-state index is 5.68. The smallest absolute Gasteiger partial charge is 0.0466 e. The lowest BCUT2D eigenvalue weighted by atomic mass is 9.96. The van der Waals surface area contributed by atoms with E-state index in [2.05, 4.69) is 43.5 Å². The number of hydrogen-bond acceptors (Lipinski definition) is 3. The molecule has 0 aliphatic carbocycles. The predicted molar refractivity (Wildman–Crippen MR) is 80.8 cm³/mol. The minimum absolute atomic E-state index is 0.215. The van der Waals surface area contributed by atoms with Gasteiger partial charge in [-0.15, -0.1) is 0 Å². The zero-order valence-electron chi connectivity index (χ0n) is 12.5. The molecule has 0 amide bonds. The van der Waals surface area contributed by atoms with Crippen LogP contribution in [0.25, 0.3) is 0 Å². The van der Waals surface area contributed by atoms with Gasteiger partial charge >= 0.3 is 0 Å². The third kappa shape index (κ3) is 6.19. The van der Waals surface area contributed by atoms with Gasteiger partial charge in [-0.25, -0.2) is 0 Å². The van der Waals surface area contributed by atoms with Crippen molar-refractivity contribution in [2.45, 2.75) is 46.1 Å². The fraction of sp³-hybridized carbons (Fsp3) is 0.625. The van der Waals surface area contributed by atoms with Crippen LogP contribution in [0.15, 0.2) is 24.3 Å². The summed E-state index contributed by atoms with van der Waals surface area (Å²) in [5.41, 5.74) is 5.58. The monoisotopic (exact) mass is 264 g/mol. The predicted octanol–water partition coefficient (Wildman–Crippen LogP) is 3.21. The topological polar surface area (TPSA) is 47.3 Å². The number of nitrogens with one attached hydrogen (secondary N) is 1. The largest absolute Gasteiger partial charge is 0.382 e. The van der Waals surface area contributed by atoms with E-state index in [9.17, 15) is 0 Å². The Bertz CT molecular complexity index is 352. The van der Waals surface area contributed by atoms with Gasteiger partial charge in [0.15, 0.2) is 0 Å². The van der Waals surface area contributed by atoms with Crippen LogP contribution < -0.4 is 11.3 Å². The highest BCUT2D eigenvalue weighted by Crippen LogP contribution is 2.20. The fourth-order valence-corrected chi connectivity index (χ4v) is 2.29. The van der Waals surface area contributed by atoms with Crippen molar-refractivity contribution in [3.63, 3.8) is 0 Å². The van der Waals surface area contributed by atoms with Crippen LogP contribution in [0.5, 0.6) is 0 Å². The Kier molecular flexibility index (Phi) is 7.72. The first-order chi connectivity index (χ1) is 9.17. The molecule has 1 unspecified atom stereocenters. The Morgan fingerprint density at radius 2 is 2.11 bits per heavy atom. The Morgan fingerprint density at radius 3 is 2.74 bits per heavy atom. The van der Waals surface area contributed by atoms with Crippen molar-refractivity contribution in [2.75, 3.05) is 13.2 Å². The second kappa shape index (κ2) is 9.08. The molecule has 108 valence electrons. The van der Waals surface area contributed by atoms with Gasteiger partial charge in [0.05, 0.1) is 0 Å². The zero-order valence-corrected chi connectivity index (χ0v) is 12.5. The van der Waals surface area contributed by atoms with Crippen LogP contribution in [0, 0.1) is 5.92 Å². The van der Waals surface area contributed by atoms with Crippen molar-refractivity contribution < 1.29 is 4.74 Å². The van der Waals surface area contributed by atoms with Gasteiger partial charge in [0.25, 0.3) is 0 Å². The van der Waals surface area contributed by atoms with Gasteiger partial charge in [0.1, 0.15) is 0 Å². The summed E-state index contributed by atoms with van der Waals surface area (Å²) in [7, 11) is 0. The molecule has 0 heterocycles. The Balaban J connectivity index is 2.59. The van der Waals surface area contributed by atoms with E-state index in [4.69, 9.17) is 10.6 Å². The van der Waals surface area contributed by atoms with E-state index in [1.54, 1.807) is 0 Å². The SMILES string of the molecule is CCOCCCC(NN)c1cccc(CC(C)C)c1. The first kappa shape index (κ1) is 16.2. The average molecular weight is 264 g/mol. The van der Waals surface area contributed by atoms with Crippen molar-refractivity contribution in [1.29, 1.82) is 0 Å². The van der Waals surface area contributed by atoms with Gasteiger partial charge in [-0.2, -0.15) is 0 Å². The average Bonchev–Trinajstić information content (AvgIpc) is 2.38. The first-order valence-corrected chi connectivity index (χ1v) is 7.30. The lowest BCUT2D eigenvalue weighted by molar-refractivity contribution is 0.141. The third-order valence-electron chi connectivity index (χ3n) is 3.18. The van der Waals surface area contributed by atoms with E-state index in [1.165, 1.54) is 11.1 Å². The van der Waals surface area contributed by atoms with E-state index < -0.39 is 0 Å². The van der Waals surface area contributed by atoms with Crippen molar-refractivity contribution >= 4 is 0 Å². The van der Waals surface area contributed by atoms with E-state index in [0.717, 1.165) is 32.5 Å². The van der Waals surface area contributed by atoms with Gasteiger partial charge < -0.3 is 4.74 Å². The lowest BCUT2D eigenvalue weighted by Crippen LogP contribution is -2.28. The summed E-state index contributed by atoms with van der Waals surface area (Å²) in [6.45, 7) is 8.10. The van der Waals surface area contributed by atoms with Crippen LogP contribution >= 0.6 is 0 Å². The number of benzene rings is 1. The summed E-state index contributed by atoms with van der Waals surface area (Å²) in [4.78, 5) is 0. The molecule has 0 saturated carbocycles. The Hall–Kier alpha value is -0.900. The second-order valence-corrected chi connectivity index (χ2v) is 5.40. The molecule has 0 fully saturated rings. The summed E-state index contributed by atoms with van der Waals surface area (Å²) in [6, 6.07) is 8.95. The molecule has 0 bridgehead atoms.